The fourth-order valence-electron chi connectivity index (χ4n) is 1.70. The molecule has 1 rings (SSSR count). The minimum atomic E-state index is 0.853. The summed E-state index contributed by atoms with van der Waals surface area (Å²) in [4.78, 5) is 0. The van der Waals surface area contributed by atoms with Gasteiger partial charge in [-0.2, -0.15) is 0 Å². The molecular weight excluding hydrogens is 196 g/mol. The Hall–Kier alpha value is -0.980. The van der Waals surface area contributed by atoms with Crippen LogP contribution < -0.4 is 4.74 Å². The normalized spacial score (nSPS) is 10.4. The van der Waals surface area contributed by atoms with Gasteiger partial charge < -0.3 is 4.74 Å². The number of unbranched alkanes of at least 4 members (excludes halogenated alkanes) is 4. The van der Waals surface area contributed by atoms with Crippen LogP contribution in [0, 0.1) is 13.8 Å². The van der Waals surface area contributed by atoms with Crippen LogP contribution in [0.5, 0.6) is 5.75 Å². The van der Waals surface area contributed by atoms with Crippen LogP contribution in [0.15, 0.2) is 18.2 Å². The van der Waals surface area contributed by atoms with E-state index in [0.29, 0.717) is 0 Å². The molecule has 0 unspecified atom stereocenters. The second-order valence-electron chi connectivity index (χ2n) is 4.51. The Morgan fingerprint density at radius 3 is 2.38 bits per heavy atom. The molecule has 1 heteroatoms. The van der Waals surface area contributed by atoms with Gasteiger partial charge in [-0.15, -0.1) is 0 Å². The zero-order valence-electron chi connectivity index (χ0n) is 10.9. The second kappa shape index (κ2) is 7.32. The lowest BCUT2D eigenvalue weighted by molar-refractivity contribution is 0.304. The zero-order chi connectivity index (χ0) is 11.8. The molecule has 0 aromatic heterocycles. The molecule has 0 atom stereocenters. The Morgan fingerprint density at radius 1 is 0.938 bits per heavy atom. The quantitative estimate of drug-likeness (QED) is 0.608. The summed E-state index contributed by atoms with van der Waals surface area (Å²) in [7, 11) is 0. The van der Waals surface area contributed by atoms with Crippen LogP contribution in [0.3, 0.4) is 0 Å². The highest BCUT2D eigenvalue weighted by Gasteiger charge is 1.97. The van der Waals surface area contributed by atoms with Crippen molar-refractivity contribution in [3.8, 4) is 5.75 Å². The molecule has 0 aliphatic heterocycles. The van der Waals surface area contributed by atoms with E-state index in [0.717, 1.165) is 12.4 Å². The van der Waals surface area contributed by atoms with E-state index in [9.17, 15) is 0 Å². The van der Waals surface area contributed by atoms with E-state index in [4.69, 9.17) is 4.74 Å². The van der Waals surface area contributed by atoms with E-state index in [2.05, 4.69) is 39.0 Å². The third kappa shape index (κ3) is 4.69. The van der Waals surface area contributed by atoms with Gasteiger partial charge in [0, 0.05) is 0 Å². The lowest BCUT2D eigenvalue weighted by atomic mass is 10.1. The Balaban J connectivity index is 2.19. The smallest absolute Gasteiger partial charge is 0.119 e. The van der Waals surface area contributed by atoms with E-state index in [-0.39, 0.29) is 0 Å². The number of hydrogen-bond donors (Lipinski definition) is 0. The van der Waals surface area contributed by atoms with Gasteiger partial charge in [-0.25, -0.2) is 0 Å². The fraction of sp³-hybridized carbons (Fsp3) is 0.600. The Labute approximate surface area is 99.8 Å². The van der Waals surface area contributed by atoms with Gasteiger partial charge in [0.25, 0.3) is 0 Å². The maximum Gasteiger partial charge on any atom is 0.119 e. The number of benzene rings is 1. The van der Waals surface area contributed by atoms with Crippen molar-refractivity contribution >= 4 is 0 Å². The van der Waals surface area contributed by atoms with E-state index in [1.807, 2.05) is 0 Å². The van der Waals surface area contributed by atoms with Gasteiger partial charge in [-0.3, -0.25) is 0 Å². The van der Waals surface area contributed by atoms with Crippen molar-refractivity contribution in [1.29, 1.82) is 0 Å². The van der Waals surface area contributed by atoms with Gasteiger partial charge in [0.05, 0.1) is 6.61 Å². The third-order valence-electron chi connectivity index (χ3n) is 2.99. The lowest BCUT2D eigenvalue weighted by Crippen LogP contribution is -1.97. The molecule has 0 saturated carbocycles. The number of aryl methyl sites for hydroxylation is 2. The topological polar surface area (TPSA) is 9.23 Å². The van der Waals surface area contributed by atoms with Crippen molar-refractivity contribution in [3.05, 3.63) is 29.3 Å². The number of ether oxygens (including phenoxy) is 1. The Morgan fingerprint density at radius 2 is 1.69 bits per heavy atom. The Bertz CT molecular complexity index is 304. The summed E-state index contributed by atoms with van der Waals surface area (Å²) < 4.78 is 5.72. The summed E-state index contributed by atoms with van der Waals surface area (Å²) in [5, 5.41) is 0. The van der Waals surface area contributed by atoms with Gasteiger partial charge in [0.2, 0.25) is 0 Å². The standard InChI is InChI=1S/C15H24O/c1-4-5-6-7-8-11-16-15-10-9-13(2)14(3)12-15/h9-10,12H,4-8,11H2,1-3H3. The van der Waals surface area contributed by atoms with Crippen LogP contribution in [-0.4, -0.2) is 6.61 Å². The summed E-state index contributed by atoms with van der Waals surface area (Å²) in [6.07, 6.45) is 6.46. The molecule has 1 aromatic rings. The van der Waals surface area contributed by atoms with Crippen molar-refractivity contribution in [1.82, 2.24) is 0 Å². The molecule has 90 valence electrons. The third-order valence-corrected chi connectivity index (χ3v) is 2.99. The zero-order valence-corrected chi connectivity index (χ0v) is 10.9. The van der Waals surface area contributed by atoms with Gasteiger partial charge in [0.15, 0.2) is 0 Å². The van der Waals surface area contributed by atoms with Gasteiger partial charge in [-0.1, -0.05) is 38.7 Å². The van der Waals surface area contributed by atoms with Crippen LogP contribution in [-0.2, 0) is 0 Å². The van der Waals surface area contributed by atoms with Crippen LogP contribution in [0.4, 0.5) is 0 Å². The van der Waals surface area contributed by atoms with Crippen molar-refractivity contribution < 1.29 is 4.74 Å². The second-order valence-corrected chi connectivity index (χ2v) is 4.51. The molecule has 0 amide bonds. The molecule has 1 nitrogen and oxygen atoms in total. The van der Waals surface area contributed by atoms with E-state index >= 15 is 0 Å². The molecule has 0 aliphatic rings. The van der Waals surface area contributed by atoms with Crippen LogP contribution in [0.2, 0.25) is 0 Å². The van der Waals surface area contributed by atoms with Crippen molar-refractivity contribution in [3.63, 3.8) is 0 Å². The summed E-state index contributed by atoms with van der Waals surface area (Å²) in [5.74, 6) is 1.01. The highest BCUT2D eigenvalue weighted by molar-refractivity contribution is 5.33. The summed E-state index contributed by atoms with van der Waals surface area (Å²) >= 11 is 0. The molecule has 1 aromatic carbocycles. The largest absolute Gasteiger partial charge is 0.494 e. The molecule has 0 heterocycles. The molecule has 0 fully saturated rings. The average Bonchev–Trinajstić information content (AvgIpc) is 2.28. The molecule has 0 spiro atoms. The van der Waals surface area contributed by atoms with E-state index in [1.165, 1.54) is 43.2 Å². The van der Waals surface area contributed by atoms with Crippen LogP contribution >= 0.6 is 0 Å². The predicted molar refractivity (Wildman–Crippen MR) is 70.2 cm³/mol. The highest BCUT2D eigenvalue weighted by Crippen LogP contribution is 2.16. The molecule has 16 heavy (non-hydrogen) atoms. The minimum Gasteiger partial charge on any atom is -0.494 e. The summed E-state index contributed by atoms with van der Waals surface area (Å²) in [6, 6.07) is 6.32. The fourth-order valence-corrected chi connectivity index (χ4v) is 1.70. The molecule has 0 bridgehead atoms. The van der Waals surface area contributed by atoms with Crippen molar-refractivity contribution in [2.45, 2.75) is 52.9 Å². The van der Waals surface area contributed by atoms with Crippen LogP contribution in [0.1, 0.15) is 50.2 Å². The maximum absolute atomic E-state index is 5.72. The first-order valence-electron chi connectivity index (χ1n) is 6.44. The summed E-state index contributed by atoms with van der Waals surface area (Å²) in [6.45, 7) is 7.35. The SMILES string of the molecule is CCCCCCCOc1ccc(C)c(C)c1. The summed E-state index contributed by atoms with van der Waals surface area (Å²) in [5.41, 5.74) is 2.64. The highest BCUT2D eigenvalue weighted by atomic mass is 16.5. The maximum atomic E-state index is 5.72. The molecular formula is C15H24O. The minimum absolute atomic E-state index is 0.853. The predicted octanol–water partition coefficient (Wildman–Crippen LogP) is 4.65. The Kier molecular flexibility index (Phi) is 5.99. The molecule has 0 radical (unpaired) electrons. The first-order valence-corrected chi connectivity index (χ1v) is 6.44. The number of rotatable bonds is 7. The van der Waals surface area contributed by atoms with Crippen molar-refractivity contribution in [2.24, 2.45) is 0 Å². The average molecular weight is 220 g/mol. The number of hydrogen-bond acceptors (Lipinski definition) is 1. The van der Waals surface area contributed by atoms with E-state index in [1.54, 1.807) is 0 Å². The van der Waals surface area contributed by atoms with Crippen molar-refractivity contribution in [2.75, 3.05) is 6.61 Å². The van der Waals surface area contributed by atoms with Gasteiger partial charge in [0.1, 0.15) is 5.75 Å². The van der Waals surface area contributed by atoms with Gasteiger partial charge >= 0.3 is 0 Å². The molecule has 0 N–H and O–H groups in total. The first kappa shape index (κ1) is 13.1. The van der Waals surface area contributed by atoms with Crippen LogP contribution in [0.25, 0.3) is 0 Å². The monoisotopic (exact) mass is 220 g/mol. The first-order chi connectivity index (χ1) is 7.74. The lowest BCUT2D eigenvalue weighted by Gasteiger charge is -2.08. The molecule has 0 saturated heterocycles. The van der Waals surface area contributed by atoms with Gasteiger partial charge in [-0.05, 0) is 43.5 Å². The molecule has 0 aliphatic carbocycles. The van der Waals surface area contributed by atoms with E-state index < -0.39 is 0 Å².